The summed E-state index contributed by atoms with van der Waals surface area (Å²) in [7, 11) is -0.454. The average Bonchev–Trinajstić information content (AvgIpc) is 1.52. The minimum atomic E-state index is -0.505. The Bertz CT molecular complexity index is 7190. The fraction of sp³-hybridized carbons (Fsp3) is 0.0826. The molecular formula is C109H82BBrN6O2W. The summed E-state index contributed by atoms with van der Waals surface area (Å²) in [4.78, 5) is 20.6. The molecule has 120 heavy (non-hydrogen) atoms. The Morgan fingerprint density at radius 2 is 0.650 bits per heavy atom. The third-order valence-corrected chi connectivity index (χ3v) is 25.5. The Labute approximate surface area is 722 Å². The van der Waals surface area contributed by atoms with Gasteiger partial charge in [0.15, 0.2) is 0 Å². The van der Waals surface area contributed by atoms with Gasteiger partial charge in [0, 0.05) is 82.8 Å². The zero-order valence-electron chi connectivity index (χ0n) is 66.0. The van der Waals surface area contributed by atoms with Crippen LogP contribution in [0.5, 0.6) is 0 Å². The minimum Gasteiger partial charge on any atom is -0.399 e. The van der Waals surface area contributed by atoms with E-state index in [1.807, 2.05) is 53.1 Å². The molecule has 14 aromatic carbocycles. The van der Waals surface area contributed by atoms with Crippen molar-refractivity contribution in [2.45, 2.75) is 57.2 Å². The predicted molar refractivity (Wildman–Crippen MR) is 494 cm³/mol. The molecule has 0 radical (unpaired) electrons. The first-order chi connectivity index (χ1) is 57.9. The maximum atomic E-state index is 6.48. The van der Waals surface area contributed by atoms with E-state index in [2.05, 4.69) is 405 Å². The monoisotopic (exact) mass is 1780 g/mol. The number of benzene rings is 14. The van der Waals surface area contributed by atoms with Gasteiger partial charge in [0.25, 0.3) is 0 Å². The van der Waals surface area contributed by atoms with Crippen molar-refractivity contribution in [3.63, 3.8) is 0 Å². The van der Waals surface area contributed by atoms with Crippen LogP contribution in [0.2, 0.25) is 0 Å². The Balaban J connectivity index is 0.000000133. The number of hydrogen-bond donors (Lipinski definition) is 0. The maximum Gasteiger partial charge on any atom is 0.494 e. The normalized spacial score (nSPS) is 14.1. The molecule has 11 heteroatoms. The summed E-state index contributed by atoms with van der Waals surface area (Å²) in [5.74, 6) is 0. The molecule has 0 N–H and O–H groups in total. The van der Waals surface area contributed by atoms with Crippen LogP contribution in [-0.2, 0) is 41.2 Å². The second-order valence-corrected chi connectivity index (χ2v) is 32.6. The van der Waals surface area contributed by atoms with Gasteiger partial charge in [-0.2, -0.15) is 0 Å². The average molecular weight is 1780 g/mol. The molecule has 0 bridgehead atoms. The number of pyridine rings is 4. The minimum absolute atomic E-state index is 0. The van der Waals surface area contributed by atoms with Crippen molar-refractivity contribution in [1.82, 2.24) is 28.7 Å². The fourth-order valence-corrected chi connectivity index (χ4v) is 19.3. The van der Waals surface area contributed by atoms with Gasteiger partial charge in [-0.05, 0) is 193 Å². The number of aromatic nitrogens is 6. The van der Waals surface area contributed by atoms with E-state index in [4.69, 9.17) is 24.3 Å². The molecule has 2 aliphatic carbocycles. The molecule has 1 fully saturated rings. The van der Waals surface area contributed by atoms with Crippen molar-refractivity contribution >= 4 is 83.2 Å². The van der Waals surface area contributed by atoms with Gasteiger partial charge in [-0.1, -0.05) is 329 Å². The van der Waals surface area contributed by atoms with Crippen LogP contribution >= 0.6 is 15.9 Å². The van der Waals surface area contributed by atoms with Gasteiger partial charge in [0.2, 0.25) is 0 Å². The van der Waals surface area contributed by atoms with Crippen molar-refractivity contribution in [1.29, 1.82) is 0 Å². The number of fused-ring (bicyclic) bond motifs is 14. The van der Waals surface area contributed by atoms with E-state index in [9.17, 15) is 0 Å². The van der Waals surface area contributed by atoms with Gasteiger partial charge < -0.3 is 9.31 Å². The second-order valence-electron chi connectivity index (χ2n) is 31.8. The molecule has 1 saturated heterocycles. The van der Waals surface area contributed by atoms with Gasteiger partial charge in [-0.15, -0.1) is 0 Å². The fourth-order valence-electron chi connectivity index (χ4n) is 18.7. The van der Waals surface area contributed by atoms with Gasteiger partial charge >= 0.3 is 7.12 Å². The molecular weight excluding hydrogens is 1700 g/mol. The smallest absolute Gasteiger partial charge is 0.399 e. The quantitative estimate of drug-likeness (QED) is 0.100. The number of para-hydroxylation sites is 2. The topological polar surface area (TPSA) is 78.8 Å². The molecule has 6 aromatic heterocycles. The van der Waals surface area contributed by atoms with Crippen molar-refractivity contribution in [3.8, 4) is 78.5 Å². The number of rotatable bonds is 10. The molecule has 0 amide bonds. The molecule has 0 saturated carbocycles. The molecule has 0 spiro atoms. The molecule has 8 nitrogen and oxygen atoms in total. The van der Waals surface area contributed by atoms with E-state index in [1.54, 1.807) is 0 Å². The first-order valence-corrected chi connectivity index (χ1v) is 41.2. The summed E-state index contributed by atoms with van der Waals surface area (Å²) in [6, 6.07) is 139. The van der Waals surface area contributed by atoms with Gasteiger partial charge in [0.1, 0.15) is 21.6 Å². The summed E-state index contributed by atoms with van der Waals surface area (Å²) < 4.78 is 18.2. The van der Waals surface area contributed by atoms with Crippen LogP contribution in [0.3, 0.4) is 0 Å². The summed E-state index contributed by atoms with van der Waals surface area (Å²) in [6.07, 6.45) is 4.10. The molecule has 0 unspecified atom stereocenters. The van der Waals surface area contributed by atoms with Gasteiger partial charge in [0.05, 0.1) is 55.8 Å². The van der Waals surface area contributed by atoms with Gasteiger partial charge in [-0.3, -0.25) is 8.80 Å². The Morgan fingerprint density at radius 1 is 0.283 bits per heavy atom. The summed E-state index contributed by atoms with van der Waals surface area (Å²) in [5, 5.41) is 6.96. The number of imidazole rings is 2. The van der Waals surface area contributed by atoms with E-state index in [-0.39, 0.29) is 28.5 Å². The van der Waals surface area contributed by atoms with E-state index in [1.165, 1.54) is 77.5 Å². The molecule has 20 aromatic rings. The summed E-state index contributed by atoms with van der Waals surface area (Å²) in [6.45, 7) is 8.39. The number of halogens is 1. The van der Waals surface area contributed by atoms with Crippen molar-refractivity contribution in [3.05, 3.63) is 450 Å². The molecule has 576 valence electrons. The van der Waals surface area contributed by atoms with Crippen LogP contribution in [0, 0.1) is 0 Å². The van der Waals surface area contributed by atoms with Crippen molar-refractivity contribution < 1.29 is 30.4 Å². The Morgan fingerprint density at radius 3 is 1.12 bits per heavy atom. The molecule has 0 atom stereocenters. The maximum absolute atomic E-state index is 6.48. The molecule has 3 aliphatic rings. The first-order valence-electron chi connectivity index (χ1n) is 40.4. The third-order valence-electron chi connectivity index (χ3n) is 24.7. The van der Waals surface area contributed by atoms with E-state index in [0.717, 1.165) is 110 Å². The zero-order valence-corrected chi connectivity index (χ0v) is 70.5. The third kappa shape index (κ3) is 12.6. The van der Waals surface area contributed by atoms with Gasteiger partial charge in [-0.25, -0.2) is 19.9 Å². The van der Waals surface area contributed by atoms with E-state index < -0.39 is 29.2 Å². The molecule has 1 aliphatic heterocycles. The van der Waals surface area contributed by atoms with Crippen LogP contribution in [0.25, 0.3) is 133 Å². The standard InChI is InChI=1S/C51H33N3.C44H36BNO2.C13H9BrN2.CH4.W/c1-4-17-34(18-5-1)49-50(54-30-15-14-29-47(54)53-49)36-20-16-19-35(31-36)48-43-33-45-42(32-41(43)40-26-11-13-28-46(40)52-48)39-25-10-12-27-44(39)51(45,37-21-6-2-7-22-37)38-23-8-3-9-24-38;1-42(2)43(3,4)48-45(47-42)32-21-15-16-29(26-32)41-37-28-39-36(27-35(37)34-23-12-14-25-40(34)46-41)33-22-11-13-24-38(33)44(39,30-17-7-5-8-18-30)31-19-9-6-10-20-31;14-13-12(10-6-2-1-3-7-10)15-11-8-4-5-9-16(11)13;;/h1-33H;5-28H,1-4H3;1-9H;1H4;. The summed E-state index contributed by atoms with van der Waals surface area (Å²) in [5.41, 5.74) is 28.5. The first kappa shape index (κ1) is 76.9. The number of hydrogen-bond acceptors (Lipinski definition) is 6. The van der Waals surface area contributed by atoms with Crippen LogP contribution in [0.15, 0.2) is 405 Å². The van der Waals surface area contributed by atoms with Crippen molar-refractivity contribution in [2.75, 3.05) is 0 Å². The van der Waals surface area contributed by atoms with Crippen LogP contribution in [0.1, 0.15) is 79.6 Å². The number of nitrogens with zero attached hydrogens (tertiary/aromatic N) is 6. The van der Waals surface area contributed by atoms with Crippen molar-refractivity contribution in [2.24, 2.45) is 0 Å². The zero-order chi connectivity index (χ0) is 79.3. The largest absolute Gasteiger partial charge is 0.494 e. The second kappa shape index (κ2) is 31.0. The molecule has 7 heterocycles. The summed E-state index contributed by atoms with van der Waals surface area (Å²) >= 11 is 3.59. The van der Waals surface area contributed by atoms with Crippen LogP contribution in [-0.4, -0.2) is 47.1 Å². The Kier molecular flexibility index (Phi) is 19.9. The van der Waals surface area contributed by atoms with E-state index in [0.29, 0.717) is 0 Å². The Hall–Kier alpha value is -13.0. The SMILES string of the molecule is Brc1c(-c2ccccc2)nc2ccccn12.C.CC1(C)OB(c2cccc(-c3nc4ccccc4c4cc5c(cc34)C(c3ccccc3)(c3ccccc3)c3ccccc3-5)c2)OC1(C)C.[W].c1ccc(-c2nc3ccccn3c2-c2cccc(-c3nc4ccccc4c4cc5c(cc34)C(c3ccccc3)(c3ccccc3)c3ccccc3-5)c2)cc1. The predicted octanol–water partition coefficient (Wildman–Crippen LogP) is 26.5. The molecule has 23 rings (SSSR count). The van der Waals surface area contributed by atoms with Crippen LogP contribution < -0.4 is 5.46 Å². The van der Waals surface area contributed by atoms with E-state index >= 15 is 0 Å². The van der Waals surface area contributed by atoms with Crippen LogP contribution in [0.4, 0.5) is 0 Å².